The summed E-state index contributed by atoms with van der Waals surface area (Å²) in [4.78, 5) is 5.20. The van der Waals surface area contributed by atoms with Gasteiger partial charge in [-0.15, -0.1) is 0 Å². The molecule has 0 fully saturated rings. The van der Waals surface area contributed by atoms with Gasteiger partial charge in [-0.2, -0.15) is 0 Å². The van der Waals surface area contributed by atoms with E-state index in [9.17, 15) is 0 Å². The molecule has 3 nitrogen and oxygen atoms in total. The number of ether oxygens (including phenoxy) is 1. The number of fused-ring (bicyclic) bond motifs is 3. The fourth-order valence-electron chi connectivity index (χ4n) is 8.57. The number of pyridine rings is 1. The predicted octanol–water partition coefficient (Wildman–Crippen LogP) is 14.9. The van der Waals surface area contributed by atoms with Crippen molar-refractivity contribution in [2.45, 2.75) is 6.23 Å². The van der Waals surface area contributed by atoms with Gasteiger partial charge in [0.05, 0.1) is 17.1 Å². The van der Waals surface area contributed by atoms with E-state index in [0.29, 0.717) is 0 Å². The van der Waals surface area contributed by atoms with Crippen LogP contribution in [0.4, 0.5) is 5.69 Å². The second-order valence-electron chi connectivity index (χ2n) is 15.2. The quantitative estimate of drug-likeness (QED) is 0.176. The van der Waals surface area contributed by atoms with Gasteiger partial charge in [-0.05, 0) is 102 Å². The third kappa shape index (κ3) is 6.49. The molecule has 0 amide bonds. The van der Waals surface area contributed by atoms with Gasteiger partial charge < -0.3 is 10.1 Å². The third-order valence-corrected chi connectivity index (χ3v) is 11.5. The molecule has 0 spiro atoms. The summed E-state index contributed by atoms with van der Waals surface area (Å²) in [5.41, 5.74) is 15.4. The number of nitrogens with zero attached hydrogens (tertiary/aromatic N) is 1. The molecule has 11 rings (SSSR count). The summed E-state index contributed by atoms with van der Waals surface area (Å²) < 4.78 is 6.43. The molecule has 2 heterocycles. The first-order valence-corrected chi connectivity index (χ1v) is 20.1. The second kappa shape index (κ2) is 14.6. The van der Waals surface area contributed by atoms with E-state index in [2.05, 4.69) is 224 Å². The first-order valence-electron chi connectivity index (χ1n) is 20.1. The number of aromatic nitrogens is 1. The number of hydrogen-bond donors (Lipinski definition) is 1. The van der Waals surface area contributed by atoms with Crippen molar-refractivity contribution in [3.05, 3.63) is 224 Å². The maximum Gasteiger partial charge on any atom is 0.196 e. The van der Waals surface area contributed by atoms with Crippen LogP contribution in [0, 0.1) is 0 Å². The fraction of sp³-hybridized carbons (Fsp3) is 0.0179. The lowest BCUT2D eigenvalue weighted by atomic mass is 9.85. The molecule has 9 aromatic carbocycles. The molecule has 0 radical (unpaired) electrons. The minimum Gasteiger partial charge on any atom is -0.464 e. The zero-order chi connectivity index (χ0) is 39.1. The largest absolute Gasteiger partial charge is 0.464 e. The lowest BCUT2D eigenvalue weighted by Crippen LogP contribution is -2.09. The van der Waals surface area contributed by atoms with Crippen LogP contribution in [-0.2, 0) is 0 Å². The Kier molecular flexibility index (Phi) is 8.56. The lowest BCUT2D eigenvalue weighted by molar-refractivity contribution is 0.260. The standard InChI is InChI=1S/C56H38N2O/c1-3-16-39(17-4-1)51-35-46(36-52(57-51)40-18-5-2-6-19-40)47-23-11-12-25-50(47)55-48-24-10-9-15-38(48)28-30-49(55)44-22-13-21-42(32-44)43-29-31-54-53(34-43)58-56(59-54)45-27-26-37-14-7-8-20-41(37)33-45/h1-36,56,58H. The van der Waals surface area contributed by atoms with Gasteiger partial charge in [-0.3, -0.25) is 0 Å². The van der Waals surface area contributed by atoms with Gasteiger partial charge in [0.25, 0.3) is 0 Å². The Hall–Kier alpha value is -7.75. The van der Waals surface area contributed by atoms with E-state index in [1.807, 2.05) is 0 Å². The maximum atomic E-state index is 6.43. The molecule has 3 heteroatoms. The first kappa shape index (κ1) is 34.5. The SMILES string of the molecule is c1ccc(-c2cc(-c3ccccc3-c3c(-c4cccc(-c5ccc6c(c5)NC(c5ccc7ccccc7c5)O6)c4)ccc4ccccc34)cc(-c3ccccc3)n2)cc1. The Balaban J connectivity index is 1.01. The highest BCUT2D eigenvalue weighted by Gasteiger charge is 2.24. The van der Waals surface area contributed by atoms with Crippen LogP contribution < -0.4 is 10.1 Å². The Morgan fingerprint density at radius 1 is 0.373 bits per heavy atom. The number of rotatable bonds is 7. The van der Waals surface area contributed by atoms with Crippen LogP contribution in [-0.4, -0.2) is 4.98 Å². The average molecular weight is 755 g/mol. The highest BCUT2D eigenvalue weighted by molar-refractivity contribution is 6.07. The molecule has 1 aromatic heterocycles. The van der Waals surface area contributed by atoms with Crippen molar-refractivity contribution in [2.75, 3.05) is 5.32 Å². The first-order chi connectivity index (χ1) is 29.2. The number of nitrogens with one attached hydrogen (secondary N) is 1. The van der Waals surface area contributed by atoms with Crippen molar-refractivity contribution < 1.29 is 4.74 Å². The van der Waals surface area contributed by atoms with Gasteiger partial charge in [0.1, 0.15) is 5.75 Å². The van der Waals surface area contributed by atoms with Crippen LogP contribution in [0.5, 0.6) is 5.75 Å². The summed E-state index contributed by atoms with van der Waals surface area (Å²) in [5.74, 6) is 0.860. The Bertz CT molecular complexity index is 3120. The average Bonchev–Trinajstić information content (AvgIpc) is 3.75. The van der Waals surface area contributed by atoms with Crippen molar-refractivity contribution in [3.63, 3.8) is 0 Å². The van der Waals surface area contributed by atoms with Crippen LogP contribution in [0.15, 0.2) is 218 Å². The minimum absolute atomic E-state index is 0.246. The summed E-state index contributed by atoms with van der Waals surface area (Å²) in [6.45, 7) is 0. The van der Waals surface area contributed by atoms with Gasteiger partial charge in [0.2, 0.25) is 0 Å². The van der Waals surface area contributed by atoms with E-state index in [1.54, 1.807) is 0 Å². The smallest absolute Gasteiger partial charge is 0.196 e. The third-order valence-electron chi connectivity index (χ3n) is 11.5. The monoisotopic (exact) mass is 754 g/mol. The molecule has 1 aliphatic rings. The fourth-order valence-corrected chi connectivity index (χ4v) is 8.57. The van der Waals surface area contributed by atoms with Crippen LogP contribution in [0.25, 0.3) is 88.6 Å². The van der Waals surface area contributed by atoms with E-state index in [1.165, 1.54) is 38.2 Å². The molecule has 10 aromatic rings. The molecule has 0 aliphatic carbocycles. The van der Waals surface area contributed by atoms with E-state index in [4.69, 9.17) is 9.72 Å². The lowest BCUT2D eigenvalue weighted by Gasteiger charge is -2.19. The van der Waals surface area contributed by atoms with Crippen LogP contribution in [0.1, 0.15) is 11.8 Å². The minimum atomic E-state index is -0.246. The van der Waals surface area contributed by atoms with Gasteiger partial charge in [0.15, 0.2) is 6.23 Å². The Morgan fingerprint density at radius 3 is 1.76 bits per heavy atom. The molecule has 59 heavy (non-hydrogen) atoms. The summed E-state index contributed by atoms with van der Waals surface area (Å²) in [6, 6.07) is 77.9. The summed E-state index contributed by atoms with van der Waals surface area (Å²) in [5, 5.41) is 8.48. The van der Waals surface area contributed by atoms with Gasteiger partial charge in [0, 0.05) is 16.7 Å². The normalized spacial score (nSPS) is 13.2. The number of hydrogen-bond acceptors (Lipinski definition) is 3. The molecule has 1 aliphatic heterocycles. The highest BCUT2D eigenvalue weighted by atomic mass is 16.5. The molecule has 0 bridgehead atoms. The topological polar surface area (TPSA) is 34.1 Å². The Labute approximate surface area is 343 Å². The van der Waals surface area contributed by atoms with E-state index in [-0.39, 0.29) is 6.23 Å². The van der Waals surface area contributed by atoms with Crippen LogP contribution >= 0.6 is 0 Å². The number of benzene rings is 9. The molecule has 0 saturated heterocycles. The van der Waals surface area contributed by atoms with Gasteiger partial charge in [-0.1, -0.05) is 182 Å². The van der Waals surface area contributed by atoms with Gasteiger partial charge in [-0.25, -0.2) is 4.98 Å². The molecular formula is C56H38N2O. The van der Waals surface area contributed by atoms with Crippen molar-refractivity contribution in [2.24, 2.45) is 0 Å². The van der Waals surface area contributed by atoms with E-state index >= 15 is 0 Å². The summed E-state index contributed by atoms with van der Waals surface area (Å²) in [7, 11) is 0. The van der Waals surface area contributed by atoms with Gasteiger partial charge >= 0.3 is 0 Å². The molecular weight excluding hydrogens is 717 g/mol. The van der Waals surface area contributed by atoms with E-state index in [0.717, 1.165) is 67.3 Å². The zero-order valence-electron chi connectivity index (χ0n) is 32.2. The van der Waals surface area contributed by atoms with E-state index < -0.39 is 0 Å². The van der Waals surface area contributed by atoms with Crippen molar-refractivity contribution in [3.8, 4) is 72.8 Å². The molecule has 1 unspecified atom stereocenters. The predicted molar refractivity (Wildman–Crippen MR) is 245 cm³/mol. The molecule has 1 N–H and O–H groups in total. The highest BCUT2D eigenvalue weighted by Crippen LogP contribution is 2.45. The maximum absolute atomic E-state index is 6.43. The Morgan fingerprint density at radius 2 is 0.983 bits per heavy atom. The van der Waals surface area contributed by atoms with Crippen LogP contribution in [0.2, 0.25) is 0 Å². The second-order valence-corrected chi connectivity index (χ2v) is 15.2. The van der Waals surface area contributed by atoms with Crippen molar-refractivity contribution in [1.82, 2.24) is 4.98 Å². The summed E-state index contributed by atoms with van der Waals surface area (Å²) in [6.07, 6.45) is -0.246. The van der Waals surface area contributed by atoms with Crippen molar-refractivity contribution in [1.29, 1.82) is 0 Å². The molecule has 0 saturated carbocycles. The number of anilines is 1. The molecule has 1 atom stereocenters. The summed E-state index contributed by atoms with van der Waals surface area (Å²) >= 11 is 0. The van der Waals surface area contributed by atoms with Crippen LogP contribution in [0.3, 0.4) is 0 Å². The van der Waals surface area contributed by atoms with Crippen molar-refractivity contribution >= 4 is 27.2 Å². The zero-order valence-corrected chi connectivity index (χ0v) is 32.2. The molecule has 278 valence electrons.